The third-order valence-corrected chi connectivity index (χ3v) is 7.65. The zero-order valence-corrected chi connectivity index (χ0v) is 21.0. The van der Waals surface area contributed by atoms with Crippen molar-refractivity contribution in [2.75, 3.05) is 51.8 Å². The number of amides is 3. The molecule has 1 unspecified atom stereocenters. The Bertz CT molecular complexity index is 1190. The van der Waals surface area contributed by atoms with Gasteiger partial charge in [0.2, 0.25) is 11.8 Å². The summed E-state index contributed by atoms with van der Waals surface area (Å²) in [5.41, 5.74) is 1.31. The highest BCUT2D eigenvalue weighted by Crippen LogP contribution is 2.43. The third-order valence-electron chi connectivity index (χ3n) is 7.65. The number of nitrogens with zero attached hydrogens (tertiary/aromatic N) is 4. The fraction of sp³-hybridized carbons (Fsp3) is 0.444. The van der Waals surface area contributed by atoms with E-state index in [0.717, 1.165) is 17.1 Å². The summed E-state index contributed by atoms with van der Waals surface area (Å²) in [5.74, 6) is 1.27. The Morgan fingerprint density at radius 3 is 2.47 bits per heavy atom. The van der Waals surface area contributed by atoms with E-state index in [-0.39, 0.29) is 24.3 Å². The standard InChI is InChI=1S/C27H32N4O5/c1-27-11-10-24(32)31(27)22-7-5-4-6-21(22)26(34)30(27)18-25(33)29-14-12-28(13-15-29)17-19-16-20(35-2)8-9-23(19)36-3/h4-9,16H,10-15,17-18H2,1-3H3. The molecule has 36 heavy (non-hydrogen) atoms. The molecule has 9 heteroatoms. The van der Waals surface area contributed by atoms with Gasteiger partial charge in [0.25, 0.3) is 5.91 Å². The van der Waals surface area contributed by atoms with Crippen LogP contribution in [-0.2, 0) is 16.1 Å². The Morgan fingerprint density at radius 1 is 1.00 bits per heavy atom. The Balaban J connectivity index is 1.26. The van der Waals surface area contributed by atoms with Crippen LogP contribution in [-0.4, -0.2) is 85.0 Å². The van der Waals surface area contributed by atoms with Crippen molar-refractivity contribution in [3.63, 3.8) is 0 Å². The highest BCUT2D eigenvalue weighted by atomic mass is 16.5. The number of methoxy groups -OCH3 is 2. The van der Waals surface area contributed by atoms with Crippen LogP contribution in [0.3, 0.4) is 0 Å². The number of carbonyl (C=O) groups excluding carboxylic acids is 3. The number of fused-ring (bicyclic) bond motifs is 3. The lowest BCUT2D eigenvalue weighted by atomic mass is 9.98. The second-order valence-electron chi connectivity index (χ2n) is 9.69. The number of para-hydroxylation sites is 1. The molecular weight excluding hydrogens is 460 g/mol. The first-order valence-corrected chi connectivity index (χ1v) is 12.3. The second-order valence-corrected chi connectivity index (χ2v) is 9.69. The van der Waals surface area contributed by atoms with Crippen molar-refractivity contribution in [1.82, 2.24) is 14.7 Å². The van der Waals surface area contributed by atoms with Gasteiger partial charge in [0.05, 0.1) is 25.5 Å². The number of ether oxygens (including phenoxy) is 2. The minimum Gasteiger partial charge on any atom is -0.497 e. The maximum absolute atomic E-state index is 13.4. The molecule has 1 atom stereocenters. The van der Waals surface area contributed by atoms with Gasteiger partial charge in [-0.05, 0) is 43.7 Å². The van der Waals surface area contributed by atoms with E-state index >= 15 is 0 Å². The SMILES string of the molecule is COc1ccc(OC)c(CN2CCN(C(=O)CN3C(=O)c4ccccc4N4C(=O)CCC34C)CC2)c1. The third kappa shape index (κ3) is 4.07. The number of rotatable bonds is 6. The van der Waals surface area contributed by atoms with Crippen molar-refractivity contribution in [3.05, 3.63) is 53.6 Å². The van der Waals surface area contributed by atoms with Gasteiger partial charge < -0.3 is 19.3 Å². The van der Waals surface area contributed by atoms with Crippen LogP contribution in [0.25, 0.3) is 0 Å². The summed E-state index contributed by atoms with van der Waals surface area (Å²) in [6.07, 6.45) is 0.866. The largest absolute Gasteiger partial charge is 0.497 e. The monoisotopic (exact) mass is 492 g/mol. The van der Waals surface area contributed by atoms with Gasteiger partial charge >= 0.3 is 0 Å². The van der Waals surface area contributed by atoms with Gasteiger partial charge in [-0.1, -0.05) is 12.1 Å². The topological polar surface area (TPSA) is 82.6 Å². The zero-order valence-electron chi connectivity index (χ0n) is 21.0. The molecule has 3 aliphatic heterocycles. The van der Waals surface area contributed by atoms with Crippen LogP contribution in [0.5, 0.6) is 11.5 Å². The van der Waals surface area contributed by atoms with Crippen LogP contribution in [0, 0.1) is 0 Å². The van der Waals surface area contributed by atoms with E-state index in [1.54, 1.807) is 36.2 Å². The van der Waals surface area contributed by atoms with E-state index in [4.69, 9.17) is 9.47 Å². The Morgan fingerprint density at radius 2 is 1.75 bits per heavy atom. The number of piperazine rings is 1. The van der Waals surface area contributed by atoms with Crippen molar-refractivity contribution < 1.29 is 23.9 Å². The molecule has 190 valence electrons. The molecule has 5 rings (SSSR count). The lowest BCUT2D eigenvalue weighted by molar-refractivity contribution is -0.135. The van der Waals surface area contributed by atoms with Gasteiger partial charge in [-0.15, -0.1) is 0 Å². The van der Waals surface area contributed by atoms with Gasteiger partial charge in [0, 0.05) is 44.7 Å². The van der Waals surface area contributed by atoms with E-state index in [1.807, 2.05) is 42.2 Å². The summed E-state index contributed by atoms with van der Waals surface area (Å²) in [4.78, 5) is 47.0. The Kier molecular flexibility index (Phi) is 6.34. The average Bonchev–Trinajstić information content (AvgIpc) is 3.21. The van der Waals surface area contributed by atoms with Crippen molar-refractivity contribution >= 4 is 23.4 Å². The lowest BCUT2D eigenvalue weighted by Crippen LogP contribution is -2.64. The molecule has 2 aromatic carbocycles. The van der Waals surface area contributed by atoms with E-state index in [2.05, 4.69) is 4.90 Å². The quantitative estimate of drug-likeness (QED) is 0.616. The van der Waals surface area contributed by atoms with Gasteiger partial charge in [0.15, 0.2) is 0 Å². The molecule has 3 amide bonds. The molecule has 2 saturated heterocycles. The minimum atomic E-state index is -0.830. The second kappa shape index (κ2) is 9.46. The smallest absolute Gasteiger partial charge is 0.258 e. The van der Waals surface area contributed by atoms with Gasteiger partial charge in [-0.25, -0.2) is 0 Å². The zero-order chi connectivity index (χ0) is 25.4. The maximum atomic E-state index is 13.4. The fourth-order valence-corrected chi connectivity index (χ4v) is 5.58. The first-order valence-electron chi connectivity index (χ1n) is 12.3. The molecule has 0 spiro atoms. The summed E-state index contributed by atoms with van der Waals surface area (Å²) in [6, 6.07) is 12.9. The van der Waals surface area contributed by atoms with Crippen LogP contribution < -0.4 is 14.4 Å². The highest BCUT2D eigenvalue weighted by Gasteiger charge is 2.53. The molecule has 9 nitrogen and oxygen atoms in total. The van der Waals surface area contributed by atoms with E-state index < -0.39 is 5.66 Å². The van der Waals surface area contributed by atoms with Crippen molar-refractivity contribution in [2.45, 2.75) is 32.0 Å². The summed E-state index contributed by atoms with van der Waals surface area (Å²) in [6.45, 7) is 5.11. The number of hydrogen-bond donors (Lipinski definition) is 0. The first kappa shape index (κ1) is 24.1. The summed E-state index contributed by atoms with van der Waals surface area (Å²) < 4.78 is 10.9. The molecule has 0 saturated carbocycles. The van der Waals surface area contributed by atoms with Gasteiger partial charge in [-0.2, -0.15) is 0 Å². The van der Waals surface area contributed by atoms with E-state index in [0.29, 0.717) is 56.8 Å². The van der Waals surface area contributed by atoms with Crippen LogP contribution in [0.1, 0.15) is 35.7 Å². The summed E-state index contributed by atoms with van der Waals surface area (Å²) >= 11 is 0. The fourth-order valence-electron chi connectivity index (χ4n) is 5.58. The maximum Gasteiger partial charge on any atom is 0.258 e. The molecular formula is C27H32N4O5. The summed E-state index contributed by atoms with van der Waals surface area (Å²) in [5, 5.41) is 0. The molecule has 0 N–H and O–H groups in total. The molecule has 0 aromatic heterocycles. The molecule has 2 aromatic rings. The molecule has 0 aliphatic carbocycles. The normalized spacial score (nSPS) is 21.9. The molecule has 0 bridgehead atoms. The number of hydrogen-bond acceptors (Lipinski definition) is 6. The van der Waals surface area contributed by atoms with Crippen molar-refractivity contribution in [1.29, 1.82) is 0 Å². The number of carbonyl (C=O) groups is 3. The van der Waals surface area contributed by atoms with Crippen LogP contribution in [0.15, 0.2) is 42.5 Å². The van der Waals surface area contributed by atoms with Crippen LogP contribution in [0.2, 0.25) is 0 Å². The van der Waals surface area contributed by atoms with E-state index in [9.17, 15) is 14.4 Å². The molecule has 2 fully saturated rings. The predicted molar refractivity (Wildman–Crippen MR) is 134 cm³/mol. The highest BCUT2D eigenvalue weighted by molar-refractivity contribution is 6.11. The molecule has 0 radical (unpaired) electrons. The van der Waals surface area contributed by atoms with E-state index in [1.165, 1.54) is 0 Å². The van der Waals surface area contributed by atoms with Crippen LogP contribution >= 0.6 is 0 Å². The van der Waals surface area contributed by atoms with Crippen molar-refractivity contribution in [3.8, 4) is 11.5 Å². The van der Waals surface area contributed by atoms with Gasteiger partial charge in [-0.3, -0.25) is 24.2 Å². The Hall–Kier alpha value is -3.59. The summed E-state index contributed by atoms with van der Waals surface area (Å²) in [7, 11) is 3.30. The lowest BCUT2D eigenvalue weighted by Gasteiger charge is -2.49. The molecule has 3 heterocycles. The average molecular weight is 493 g/mol. The number of benzene rings is 2. The predicted octanol–water partition coefficient (Wildman–Crippen LogP) is 2.35. The van der Waals surface area contributed by atoms with Crippen LogP contribution in [0.4, 0.5) is 5.69 Å². The van der Waals surface area contributed by atoms with Gasteiger partial charge in [0.1, 0.15) is 23.7 Å². The minimum absolute atomic E-state index is 0.0171. The first-order chi connectivity index (χ1) is 17.4. The van der Waals surface area contributed by atoms with Crippen molar-refractivity contribution in [2.24, 2.45) is 0 Å². The molecule has 3 aliphatic rings. The number of anilines is 1. The Labute approximate surface area is 211 Å².